The van der Waals surface area contributed by atoms with Crippen molar-refractivity contribution in [2.75, 3.05) is 17.1 Å². The molecule has 2 aromatic carbocycles. The molecule has 180 valence electrons. The van der Waals surface area contributed by atoms with Crippen LogP contribution in [0.2, 0.25) is 0 Å². The summed E-state index contributed by atoms with van der Waals surface area (Å²) in [5.74, 6) is -1.54. The highest BCUT2D eigenvalue weighted by Gasteiger charge is 2.30. The SMILES string of the molecule is CCC(C)NC(=O)C(C)N(Cc1ccccc1F)C(=O)CN(c1ccc(Br)cc1)S(C)(=O)=O. The van der Waals surface area contributed by atoms with Crippen LogP contribution in [-0.2, 0) is 26.2 Å². The second-order valence-electron chi connectivity index (χ2n) is 7.85. The van der Waals surface area contributed by atoms with E-state index in [1.165, 1.54) is 23.1 Å². The van der Waals surface area contributed by atoms with Crippen molar-refractivity contribution < 1.29 is 22.4 Å². The van der Waals surface area contributed by atoms with E-state index in [9.17, 15) is 22.4 Å². The molecular weight excluding hydrogens is 513 g/mol. The maximum absolute atomic E-state index is 14.3. The fourth-order valence-electron chi connectivity index (χ4n) is 3.08. The van der Waals surface area contributed by atoms with E-state index in [-0.39, 0.29) is 18.2 Å². The number of sulfonamides is 1. The van der Waals surface area contributed by atoms with E-state index >= 15 is 0 Å². The van der Waals surface area contributed by atoms with Crippen molar-refractivity contribution in [3.63, 3.8) is 0 Å². The molecule has 0 saturated carbocycles. The van der Waals surface area contributed by atoms with Crippen LogP contribution < -0.4 is 9.62 Å². The maximum Gasteiger partial charge on any atom is 0.244 e. The molecule has 0 spiro atoms. The van der Waals surface area contributed by atoms with Gasteiger partial charge in [0.25, 0.3) is 0 Å². The highest BCUT2D eigenvalue weighted by atomic mass is 79.9. The number of amides is 2. The van der Waals surface area contributed by atoms with Crippen LogP contribution in [0, 0.1) is 5.82 Å². The Morgan fingerprint density at radius 1 is 1.09 bits per heavy atom. The molecule has 0 bridgehead atoms. The first-order chi connectivity index (χ1) is 15.4. The molecular formula is C23H29BrFN3O4S. The van der Waals surface area contributed by atoms with Gasteiger partial charge in [0.1, 0.15) is 18.4 Å². The molecule has 10 heteroatoms. The number of hydrogen-bond donors (Lipinski definition) is 1. The Morgan fingerprint density at radius 3 is 2.24 bits per heavy atom. The highest BCUT2D eigenvalue weighted by molar-refractivity contribution is 9.10. The molecule has 0 aromatic heterocycles. The summed E-state index contributed by atoms with van der Waals surface area (Å²) in [5, 5.41) is 2.82. The highest BCUT2D eigenvalue weighted by Crippen LogP contribution is 2.22. The van der Waals surface area contributed by atoms with Crippen LogP contribution in [0.15, 0.2) is 53.0 Å². The van der Waals surface area contributed by atoms with Gasteiger partial charge in [-0.05, 0) is 50.6 Å². The zero-order valence-corrected chi connectivity index (χ0v) is 21.5. The molecule has 0 aliphatic rings. The number of nitrogens with one attached hydrogen (secondary N) is 1. The van der Waals surface area contributed by atoms with Gasteiger partial charge >= 0.3 is 0 Å². The third-order valence-electron chi connectivity index (χ3n) is 5.26. The van der Waals surface area contributed by atoms with Gasteiger partial charge in [-0.2, -0.15) is 0 Å². The molecule has 0 saturated heterocycles. The van der Waals surface area contributed by atoms with Crippen LogP contribution in [0.3, 0.4) is 0 Å². The predicted octanol–water partition coefficient (Wildman–Crippen LogP) is 3.69. The largest absolute Gasteiger partial charge is 0.352 e. The van der Waals surface area contributed by atoms with Gasteiger partial charge in [0.05, 0.1) is 11.9 Å². The lowest BCUT2D eigenvalue weighted by atomic mass is 10.1. The van der Waals surface area contributed by atoms with Crippen LogP contribution in [0.1, 0.15) is 32.8 Å². The van der Waals surface area contributed by atoms with E-state index in [2.05, 4.69) is 21.2 Å². The Bertz CT molecular complexity index is 1080. The minimum atomic E-state index is -3.81. The normalized spacial score (nSPS) is 13.2. The lowest BCUT2D eigenvalue weighted by Crippen LogP contribution is -2.52. The van der Waals surface area contributed by atoms with Gasteiger partial charge in [-0.15, -0.1) is 0 Å². The van der Waals surface area contributed by atoms with Crippen molar-refractivity contribution >= 4 is 43.5 Å². The summed E-state index contributed by atoms with van der Waals surface area (Å²) in [7, 11) is -3.81. The number of rotatable bonds is 10. The Kier molecular flexibility index (Phi) is 9.42. The first-order valence-corrected chi connectivity index (χ1v) is 13.1. The Morgan fingerprint density at radius 2 is 1.70 bits per heavy atom. The zero-order chi connectivity index (χ0) is 24.8. The van der Waals surface area contributed by atoms with Crippen LogP contribution in [0.5, 0.6) is 0 Å². The van der Waals surface area contributed by atoms with Crippen molar-refractivity contribution in [2.24, 2.45) is 0 Å². The standard InChI is InChI=1S/C23H29BrFN3O4S/c1-5-16(2)26-23(30)17(3)27(14-18-8-6-7-9-21(18)25)22(29)15-28(33(4,31)32)20-12-10-19(24)11-13-20/h6-13,16-17H,5,14-15H2,1-4H3,(H,26,30). The fraction of sp³-hybridized carbons (Fsp3) is 0.391. The van der Waals surface area contributed by atoms with Gasteiger partial charge in [-0.3, -0.25) is 13.9 Å². The van der Waals surface area contributed by atoms with Crippen LogP contribution in [0.4, 0.5) is 10.1 Å². The summed E-state index contributed by atoms with van der Waals surface area (Å²) < 4.78 is 41.0. The lowest BCUT2D eigenvalue weighted by Gasteiger charge is -2.32. The average molecular weight is 542 g/mol. The molecule has 1 N–H and O–H groups in total. The van der Waals surface area contributed by atoms with Crippen LogP contribution in [0.25, 0.3) is 0 Å². The number of carbonyl (C=O) groups is 2. The van der Waals surface area contributed by atoms with E-state index in [1.54, 1.807) is 37.3 Å². The summed E-state index contributed by atoms with van der Waals surface area (Å²) >= 11 is 3.30. The molecule has 0 aliphatic heterocycles. The molecule has 2 unspecified atom stereocenters. The van der Waals surface area contributed by atoms with E-state index in [1.807, 2.05) is 13.8 Å². The number of halogens is 2. The van der Waals surface area contributed by atoms with Gasteiger partial charge < -0.3 is 10.2 Å². The molecule has 2 rings (SSSR count). The summed E-state index contributed by atoms with van der Waals surface area (Å²) in [5.41, 5.74) is 0.528. The van der Waals surface area contributed by atoms with Crippen molar-refractivity contribution in [3.8, 4) is 0 Å². The quantitative estimate of drug-likeness (QED) is 0.497. The zero-order valence-electron chi connectivity index (χ0n) is 19.1. The molecule has 2 amide bonds. The van der Waals surface area contributed by atoms with E-state index in [0.29, 0.717) is 12.1 Å². The second kappa shape index (κ2) is 11.6. The molecule has 0 fully saturated rings. The molecule has 0 heterocycles. The van der Waals surface area contributed by atoms with Crippen molar-refractivity contribution in [1.82, 2.24) is 10.2 Å². The number of benzene rings is 2. The second-order valence-corrected chi connectivity index (χ2v) is 10.7. The summed E-state index contributed by atoms with van der Waals surface area (Å²) in [6.07, 6.45) is 1.70. The number of hydrogen-bond acceptors (Lipinski definition) is 4. The summed E-state index contributed by atoms with van der Waals surface area (Å²) in [4.78, 5) is 27.4. The monoisotopic (exact) mass is 541 g/mol. The van der Waals surface area contributed by atoms with Crippen molar-refractivity contribution in [2.45, 2.75) is 45.8 Å². The van der Waals surface area contributed by atoms with Gasteiger partial charge in [-0.1, -0.05) is 41.1 Å². The number of carbonyl (C=O) groups excluding carboxylic acids is 2. The summed E-state index contributed by atoms with van der Waals surface area (Å²) in [6, 6.07) is 11.4. The smallest absolute Gasteiger partial charge is 0.244 e. The molecule has 33 heavy (non-hydrogen) atoms. The number of anilines is 1. The van der Waals surface area contributed by atoms with Crippen molar-refractivity contribution in [3.05, 3.63) is 64.4 Å². The molecule has 2 atom stereocenters. The lowest BCUT2D eigenvalue weighted by molar-refractivity contribution is -0.139. The van der Waals surface area contributed by atoms with Gasteiger partial charge in [-0.25, -0.2) is 12.8 Å². The van der Waals surface area contributed by atoms with Crippen LogP contribution in [-0.4, -0.2) is 50.0 Å². The van der Waals surface area contributed by atoms with E-state index in [4.69, 9.17) is 0 Å². The number of nitrogens with zero attached hydrogens (tertiary/aromatic N) is 2. The van der Waals surface area contributed by atoms with Gasteiger partial charge in [0.15, 0.2) is 0 Å². The van der Waals surface area contributed by atoms with Gasteiger partial charge in [0, 0.05) is 22.6 Å². The third kappa shape index (κ3) is 7.53. The van der Waals surface area contributed by atoms with E-state index < -0.39 is 40.2 Å². The predicted molar refractivity (Wildman–Crippen MR) is 131 cm³/mol. The first kappa shape index (κ1) is 26.8. The topological polar surface area (TPSA) is 86.8 Å². The minimum absolute atomic E-state index is 0.111. The average Bonchev–Trinajstić information content (AvgIpc) is 2.76. The van der Waals surface area contributed by atoms with Crippen LogP contribution >= 0.6 is 15.9 Å². The van der Waals surface area contributed by atoms with Crippen molar-refractivity contribution in [1.29, 1.82) is 0 Å². The molecule has 0 aliphatic carbocycles. The molecule has 2 aromatic rings. The molecule has 0 radical (unpaired) electrons. The maximum atomic E-state index is 14.3. The van der Waals surface area contributed by atoms with Gasteiger partial charge in [0.2, 0.25) is 21.8 Å². The van der Waals surface area contributed by atoms with E-state index in [0.717, 1.165) is 15.0 Å². The third-order valence-corrected chi connectivity index (χ3v) is 6.93. The Labute approximate surface area is 203 Å². The Balaban J connectivity index is 2.39. The Hall–Kier alpha value is -2.46. The minimum Gasteiger partial charge on any atom is -0.352 e. The molecule has 7 nitrogen and oxygen atoms in total. The summed E-state index contributed by atoms with van der Waals surface area (Å²) in [6.45, 7) is 4.59. The fourth-order valence-corrected chi connectivity index (χ4v) is 4.19. The first-order valence-electron chi connectivity index (χ1n) is 10.5.